The third kappa shape index (κ3) is 6.46. The molecule has 0 atom stereocenters. The van der Waals surface area contributed by atoms with Crippen molar-refractivity contribution in [2.24, 2.45) is 0 Å². The number of benzene rings is 10. The highest BCUT2D eigenvalue weighted by Crippen LogP contribution is 2.58. The molecule has 0 amide bonds. The first-order valence-corrected chi connectivity index (χ1v) is 22.6. The van der Waals surface area contributed by atoms with Crippen LogP contribution in [-0.2, 0) is 10.8 Å². The van der Waals surface area contributed by atoms with Crippen molar-refractivity contribution in [2.45, 2.75) is 45.4 Å². The van der Waals surface area contributed by atoms with Crippen LogP contribution in [0.1, 0.15) is 51.3 Å². The van der Waals surface area contributed by atoms with Gasteiger partial charge in [-0.3, -0.25) is 0 Å². The molecule has 1 aliphatic carbocycles. The van der Waals surface area contributed by atoms with E-state index >= 15 is 0 Å². The Morgan fingerprint density at radius 3 is 1.62 bits per heavy atom. The Balaban J connectivity index is 1.24. The quantitative estimate of drug-likeness (QED) is 0.155. The van der Waals surface area contributed by atoms with Gasteiger partial charge in [0.2, 0.25) is 0 Å². The molecule has 0 heterocycles. The largest absolute Gasteiger partial charge is 0.309 e. The zero-order valence-corrected chi connectivity index (χ0v) is 37.2. The van der Waals surface area contributed by atoms with E-state index in [-0.39, 0.29) is 10.8 Å². The first kappa shape index (κ1) is 39.4. The third-order valence-corrected chi connectivity index (χ3v) is 13.6. The number of hydrogen-bond acceptors (Lipinski definition) is 1. The lowest BCUT2D eigenvalue weighted by atomic mass is 9.78. The van der Waals surface area contributed by atoms with E-state index in [1.54, 1.807) is 0 Å². The average molecular weight is 822 g/mol. The maximum absolute atomic E-state index is 2.60. The van der Waals surface area contributed by atoms with Crippen molar-refractivity contribution in [1.82, 2.24) is 0 Å². The molecule has 0 bridgehead atoms. The van der Waals surface area contributed by atoms with Gasteiger partial charge in [-0.25, -0.2) is 0 Å². The molecule has 1 heteroatoms. The minimum absolute atomic E-state index is 0.0305. The van der Waals surface area contributed by atoms with Crippen molar-refractivity contribution in [2.75, 3.05) is 4.90 Å². The molecule has 0 radical (unpaired) electrons. The molecular formula is C63H51N. The molecule has 0 N–H and O–H groups in total. The molecule has 0 aromatic heterocycles. The fourth-order valence-corrected chi connectivity index (χ4v) is 10.6. The number of hydrogen-bond donors (Lipinski definition) is 0. The van der Waals surface area contributed by atoms with Gasteiger partial charge in [-0.15, -0.1) is 0 Å². The van der Waals surface area contributed by atoms with Gasteiger partial charge in [0, 0.05) is 16.4 Å². The first-order valence-electron chi connectivity index (χ1n) is 22.6. The van der Waals surface area contributed by atoms with Gasteiger partial charge in [0.05, 0.1) is 17.1 Å². The van der Waals surface area contributed by atoms with Crippen LogP contribution in [0.2, 0.25) is 0 Å². The Kier molecular flexibility index (Phi) is 9.47. The van der Waals surface area contributed by atoms with E-state index in [1.807, 2.05) is 0 Å². The highest BCUT2D eigenvalue weighted by Gasteiger charge is 2.41. The Morgan fingerprint density at radius 1 is 0.375 bits per heavy atom. The molecule has 0 aliphatic heterocycles. The second-order valence-corrected chi connectivity index (χ2v) is 18.9. The minimum Gasteiger partial charge on any atom is -0.309 e. The van der Waals surface area contributed by atoms with Gasteiger partial charge in [0.15, 0.2) is 0 Å². The lowest BCUT2D eigenvalue weighted by molar-refractivity contribution is 0.589. The predicted molar refractivity (Wildman–Crippen MR) is 274 cm³/mol. The molecule has 10 aromatic rings. The van der Waals surface area contributed by atoms with Crippen LogP contribution in [-0.4, -0.2) is 0 Å². The monoisotopic (exact) mass is 821 g/mol. The van der Waals surface area contributed by atoms with Crippen LogP contribution < -0.4 is 4.90 Å². The van der Waals surface area contributed by atoms with E-state index in [9.17, 15) is 0 Å². The smallest absolute Gasteiger partial charge is 0.0546 e. The second-order valence-electron chi connectivity index (χ2n) is 18.9. The van der Waals surface area contributed by atoms with E-state index in [2.05, 4.69) is 258 Å². The molecule has 0 saturated heterocycles. The summed E-state index contributed by atoms with van der Waals surface area (Å²) in [5.41, 5.74) is 19.6. The van der Waals surface area contributed by atoms with Gasteiger partial charge in [-0.1, -0.05) is 235 Å². The lowest BCUT2D eigenvalue weighted by Gasteiger charge is -2.34. The number of fused-ring (bicyclic) bond motifs is 5. The van der Waals surface area contributed by atoms with Crippen LogP contribution in [0, 0.1) is 0 Å². The molecule has 64 heavy (non-hydrogen) atoms. The van der Waals surface area contributed by atoms with E-state index in [4.69, 9.17) is 0 Å². The summed E-state index contributed by atoms with van der Waals surface area (Å²) in [6.07, 6.45) is 0. The van der Waals surface area contributed by atoms with Gasteiger partial charge < -0.3 is 4.90 Å². The fraction of sp³-hybridized carbons (Fsp3) is 0.111. The summed E-state index contributed by atoms with van der Waals surface area (Å²) in [5.74, 6) is 0. The third-order valence-electron chi connectivity index (χ3n) is 13.6. The molecule has 308 valence electrons. The molecule has 10 aromatic carbocycles. The van der Waals surface area contributed by atoms with Crippen molar-refractivity contribution in [1.29, 1.82) is 0 Å². The summed E-state index contributed by atoms with van der Waals surface area (Å²) in [5, 5.41) is 4.91. The average Bonchev–Trinajstić information content (AvgIpc) is 3.57. The first-order chi connectivity index (χ1) is 31.2. The topological polar surface area (TPSA) is 3.24 Å². The normalized spacial score (nSPS) is 12.9. The fourth-order valence-electron chi connectivity index (χ4n) is 10.6. The molecule has 0 unspecified atom stereocenters. The highest BCUT2D eigenvalue weighted by atomic mass is 15.2. The van der Waals surface area contributed by atoms with E-state index in [1.165, 1.54) is 99.6 Å². The standard InChI is InChI=1S/C63H51N/c1-62(2,3)54-35-20-36-55-60(54)53-34-19-38-57(61(53)63(55,4)5)64(58-41-46(42-21-9-6-10-22-42)39-40-47(58)43-23-11-7-12-24-43)56-37-18-31-49-50(30-17-32-51(49)56)52-33-16-28-45-27-15-29-48(59(45)52)44-25-13-8-14-26-44/h6-41H,1-5H3. The number of anilines is 3. The van der Waals surface area contributed by atoms with Crippen molar-refractivity contribution < 1.29 is 0 Å². The van der Waals surface area contributed by atoms with Crippen molar-refractivity contribution in [3.05, 3.63) is 235 Å². The highest BCUT2D eigenvalue weighted by molar-refractivity contribution is 6.14. The van der Waals surface area contributed by atoms with Crippen LogP contribution in [0.3, 0.4) is 0 Å². The maximum atomic E-state index is 2.60. The Morgan fingerprint density at radius 2 is 0.922 bits per heavy atom. The minimum atomic E-state index is -0.280. The summed E-state index contributed by atoms with van der Waals surface area (Å²) in [4.78, 5) is 2.60. The zero-order valence-electron chi connectivity index (χ0n) is 37.2. The van der Waals surface area contributed by atoms with Gasteiger partial charge in [0.25, 0.3) is 0 Å². The molecule has 11 rings (SSSR count). The van der Waals surface area contributed by atoms with Crippen molar-refractivity contribution in [3.8, 4) is 55.6 Å². The predicted octanol–water partition coefficient (Wildman–Crippen LogP) is 17.7. The Hall–Kier alpha value is -7.48. The van der Waals surface area contributed by atoms with E-state index in [0.29, 0.717) is 0 Å². The molecule has 0 spiro atoms. The zero-order chi connectivity index (χ0) is 43.6. The van der Waals surface area contributed by atoms with E-state index < -0.39 is 0 Å². The van der Waals surface area contributed by atoms with Gasteiger partial charge >= 0.3 is 0 Å². The Bertz CT molecular complexity index is 3370. The summed E-state index contributed by atoms with van der Waals surface area (Å²) in [6, 6.07) is 80.8. The maximum Gasteiger partial charge on any atom is 0.0546 e. The van der Waals surface area contributed by atoms with Crippen molar-refractivity contribution in [3.63, 3.8) is 0 Å². The lowest BCUT2D eigenvalue weighted by Crippen LogP contribution is -2.21. The van der Waals surface area contributed by atoms with Crippen LogP contribution >= 0.6 is 0 Å². The molecule has 0 fully saturated rings. The molecule has 1 aliphatic rings. The van der Waals surface area contributed by atoms with Gasteiger partial charge in [-0.05, 0) is 107 Å². The van der Waals surface area contributed by atoms with Gasteiger partial charge in [0.1, 0.15) is 0 Å². The number of nitrogens with zero attached hydrogens (tertiary/aromatic N) is 1. The van der Waals surface area contributed by atoms with Crippen molar-refractivity contribution >= 4 is 38.6 Å². The van der Waals surface area contributed by atoms with Crippen LogP contribution in [0.15, 0.2) is 218 Å². The van der Waals surface area contributed by atoms with Crippen LogP contribution in [0.5, 0.6) is 0 Å². The summed E-state index contributed by atoms with van der Waals surface area (Å²) in [6.45, 7) is 11.9. The molecular weight excluding hydrogens is 771 g/mol. The van der Waals surface area contributed by atoms with E-state index in [0.717, 1.165) is 11.4 Å². The van der Waals surface area contributed by atoms with Crippen LogP contribution in [0.25, 0.3) is 77.2 Å². The SMILES string of the molecule is CC(C)(C)c1cccc2c1-c1cccc(N(c3cc(-c4ccccc4)ccc3-c3ccccc3)c3cccc4c(-c5cccc6cccc(-c7ccccc7)c56)cccc34)c1C2(C)C. The summed E-state index contributed by atoms with van der Waals surface area (Å²) in [7, 11) is 0. The summed E-state index contributed by atoms with van der Waals surface area (Å²) >= 11 is 0. The molecule has 1 nitrogen and oxygen atoms in total. The Labute approximate surface area is 378 Å². The van der Waals surface area contributed by atoms with Gasteiger partial charge in [-0.2, -0.15) is 0 Å². The number of rotatable bonds is 7. The molecule has 0 saturated carbocycles. The summed E-state index contributed by atoms with van der Waals surface area (Å²) < 4.78 is 0. The van der Waals surface area contributed by atoms with Crippen LogP contribution in [0.4, 0.5) is 17.1 Å². The second kappa shape index (κ2) is 15.4.